The van der Waals surface area contributed by atoms with Gasteiger partial charge in [0.1, 0.15) is 24.7 Å². The van der Waals surface area contributed by atoms with Crippen molar-refractivity contribution in [1.29, 1.82) is 0 Å². The summed E-state index contributed by atoms with van der Waals surface area (Å²) >= 11 is 0. The number of nitrogens with one attached hydrogen (secondary N) is 1. The van der Waals surface area contributed by atoms with E-state index in [1.807, 2.05) is 0 Å². The van der Waals surface area contributed by atoms with E-state index in [4.69, 9.17) is 9.47 Å². The number of ether oxygens (including phenoxy) is 2. The minimum Gasteiger partial charge on any atom is -0.494 e. The van der Waals surface area contributed by atoms with Crippen molar-refractivity contribution in [2.45, 2.75) is 26.4 Å². The predicted octanol–water partition coefficient (Wildman–Crippen LogP) is 3.48. The van der Waals surface area contributed by atoms with Gasteiger partial charge in [-0.2, -0.15) is 0 Å². The highest BCUT2D eigenvalue weighted by Crippen LogP contribution is 2.13. The largest absolute Gasteiger partial charge is 0.494 e. The summed E-state index contributed by atoms with van der Waals surface area (Å²) in [6.07, 6.45) is 2.02. The molecule has 0 radical (unpaired) electrons. The maximum absolute atomic E-state index is 13.4. The number of hydrogen-bond acceptors (Lipinski definition) is 4. The SMILES string of the molecule is CCCCOc1ccc(C(=O)NCC(=O)OCc2ccccc2F)cc1. The Kier molecular flexibility index (Phi) is 7.61. The highest BCUT2D eigenvalue weighted by atomic mass is 19.1. The third-order valence-electron chi connectivity index (χ3n) is 3.62. The fourth-order valence-electron chi connectivity index (χ4n) is 2.12. The molecule has 5 nitrogen and oxygen atoms in total. The fraction of sp³-hybridized carbons (Fsp3) is 0.300. The molecule has 0 aliphatic rings. The van der Waals surface area contributed by atoms with Crippen LogP contribution in [0.4, 0.5) is 4.39 Å². The minimum absolute atomic E-state index is 0.175. The highest BCUT2D eigenvalue weighted by molar-refractivity contribution is 5.96. The quantitative estimate of drug-likeness (QED) is 0.550. The van der Waals surface area contributed by atoms with Crippen molar-refractivity contribution < 1.29 is 23.5 Å². The molecule has 0 saturated carbocycles. The van der Waals surface area contributed by atoms with Crippen molar-refractivity contribution in [3.63, 3.8) is 0 Å². The summed E-state index contributed by atoms with van der Waals surface area (Å²) in [5.74, 6) is -0.779. The number of benzene rings is 2. The minimum atomic E-state index is -0.638. The summed E-state index contributed by atoms with van der Waals surface area (Å²) in [4.78, 5) is 23.7. The Balaban J connectivity index is 1.75. The lowest BCUT2D eigenvalue weighted by Gasteiger charge is -2.08. The molecule has 0 fully saturated rings. The zero-order chi connectivity index (χ0) is 18.8. The molecule has 0 saturated heterocycles. The first-order valence-corrected chi connectivity index (χ1v) is 8.50. The second-order valence-corrected chi connectivity index (χ2v) is 5.66. The number of esters is 1. The van der Waals surface area contributed by atoms with Gasteiger partial charge in [-0.15, -0.1) is 0 Å². The lowest BCUT2D eigenvalue weighted by molar-refractivity contribution is -0.143. The standard InChI is InChI=1S/C20H22FNO4/c1-2-3-12-25-17-10-8-15(9-11-17)20(24)22-13-19(23)26-14-16-6-4-5-7-18(16)21/h4-11H,2-3,12-14H2,1H3,(H,22,24). The van der Waals surface area contributed by atoms with E-state index in [0.29, 0.717) is 17.9 Å². The van der Waals surface area contributed by atoms with Crippen LogP contribution in [0.1, 0.15) is 35.7 Å². The molecule has 0 unspecified atom stereocenters. The number of carbonyl (C=O) groups excluding carboxylic acids is 2. The lowest BCUT2D eigenvalue weighted by atomic mass is 10.2. The zero-order valence-corrected chi connectivity index (χ0v) is 14.7. The number of hydrogen-bond donors (Lipinski definition) is 1. The van der Waals surface area contributed by atoms with Crippen LogP contribution in [0.5, 0.6) is 5.75 Å². The Morgan fingerprint density at radius 2 is 1.81 bits per heavy atom. The number of rotatable bonds is 9. The van der Waals surface area contributed by atoms with Gasteiger partial charge in [-0.25, -0.2) is 4.39 Å². The van der Waals surface area contributed by atoms with E-state index in [0.717, 1.165) is 12.8 Å². The summed E-state index contributed by atoms with van der Waals surface area (Å²) in [6.45, 7) is 2.25. The van der Waals surface area contributed by atoms with Crippen molar-refractivity contribution in [2.75, 3.05) is 13.2 Å². The third kappa shape index (κ3) is 6.20. The number of unbranched alkanes of at least 4 members (excludes halogenated alkanes) is 1. The molecule has 26 heavy (non-hydrogen) atoms. The van der Waals surface area contributed by atoms with Crippen molar-refractivity contribution in [3.8, 4) is 5.75 Å². The van der Waals surface area contributed by atoms with Gasteiger partial charge in [0.25, 0.3) is 5.91 Å². The highest BCUT2D eigenvalue weighted by Gasteiger charge is 2.10. The van der Waals surface area contributed by atoms with Gasteiger partial charge in [0, 0.05) is 11.1 Å². The molecule has 0 bridgehead atoms. The first kappa shape index (κ1) is 19.4. The first-order chi connectivity index (χ1) is 12.6. The van der Waals surface area contributed by atoms with Gasteiger partial charge in [-0.3, -0.25) is 9.59 Å². The molecule has 2 aromatic rings. The molecular formula is C20H22FNO4. The number of amides is 1. The van der Waals surface area contributed by atoms with Crippen LogP contribution in [-0.4, -0.2) is 25.0 Å². The molecule has 0 atom stereocenters. The van der Waals surface area contributed by atoms with Crippen LogP contribution >= 0.6 is 0 Å². The van der Waals surface area contributed by atoms with Gasteiger partial charge in [0.05, 0.1) is 6.61 Å². The first-order valence-electron chi connectivity index (χ1n) is 8.50. The molecule has 138 valence electrons. The van der Waals surface area contributed by atoms with Crippen molar-refractivity contribution in [1.82, 2.24) is 5.32 Å². The Labute approximate surface area is 152 Å². The fourth-order valence-corrected chi connectivity index (χ4v) is 2.12. The topological polar surface area (TPSA) is 64.6 Å². The van der Waals surface area contributed by atoms with E-state index in [-0.39, 0.29) is 18.7 Å². The van der Waals surface area contributed by atoms with E-state index in [1.165, 1.54) is 12.1 Å². The Hall–Kier alpha value is -2.89. The van der Waals surface area contributed by atoms with E-state index < -0.39 is 17.7 Å². The summed E-state index contributed by atoms with van der Waals surface area (Å²) in [5, 5.41) is 2.47. The average molecular weight is 359 g/mol. The van der Waals surface area contributed by atoms with Gasteiger partial charge in [0.2, 0.25) is 0 Å². The molecule has 2 aromatic carbocycles. The molecule has 1 amide bonds. The van der Waals surface area contributed by atoms with E-state index in [1.54, 1.807) is 36.4 Å². The van der Waals surface area contributed by atoms with Gasteiger partial charge in [-0.1, -0.05) is 31.5 Å². The molecule has 0 aliphatic heterocycles. The Morgan fingerprint density at radius 1 is 1.08 bits per heavy atom. The van der Waals surface area contributed by atoms with Gasteiger partial charge < -0.3 is 14.8 Å². The van der Waals surface area contributed by atoms with Gasteiger partial charge in [-0.05, 0) is 36.8 Å². The lowest BCUT2D eigenvalue weighted by Crippen LogP contribution is -2.30. The molecule has 6 heteroatoms. The van der Waals surface area contributed by atoms with Crippen LogP contribution < -0.4 is 10.1 Å². The molecule has 0 aromatic heterocycles. The summed E-state index contributed by atoms with van der Waals surface area (Å²) < 4.78 is 23.9. The zero-order valence-electron chi connectivity index (χ0n) is 14.7. The Morgan fingerprint density at radius 3 is 2.50 bits per heavy atom. The summed E-state index contributed by atoms with van der Waals surface area (Å²) in [5.41, 5.74) is 0.695. The van der Waals surface area contributed by atoms with Crippen LogP contribution in [0.25, 0.3) is 0 Å². The third-order valence-corrected chi connectivity index (χ3v) is 3.62. The van der Waals surface area contributed by atoms with Crippen LogP contribution in [-0.2, 0) is 16.1 Å². The van der Waals surface area contributed by atoms with Crippen LogP contribution in [0.2, 0.25) is 0 Å². The van der Waals surface area contributed by atoms with Crippen LogP contribution in [0, 0.1) is 5.82 Å². The normalized spacial score (nSPS) is 10.2. The van der Waals surface area contributed by atoms with E-state index >= 15 is 0 Å². The maximum Gasteiger partial charge on any atom is 0.325 e. The van der Waals surface area contributed by atoms with E-state index in [9.17, 15) is 14.0 Å². The second kappa shape index (κ2) is 10.2. The summed E-state index contributed by atoms with van der Waals surface area (Å²) in [7, 11) is 0. The molecule has 0 spiro atoms. The van der Waals surface area contributed by atoms with Crippen molar-refractivity contribution in [2.24, 2.45) is 0 Å². The molecule has 0 aliphatic carbocycles. The van der Waals surface area contributed by atoms with Crippen molar-refractivity contribution >= 4 is 11.9 Å². The number of halogens is 1. The smallest absolute Gasteiger partial charge is 0.325 e. The summed E-state index contributed by atoms with van der Waals surface area (Å²) in [6, 6.07) is 12.7. The second-order valence-electron chi connectivity index (χ2n) is 5.66. The van der Waals surface area contributed by atoms with E-state index in [2.05, 4.69) is 12.2 Å². The van der Waals surface area contributed by atoms with Gasteiger partial charge >= 0.3 is 5.97 Å². The maximum atomic E-state index is 13.4. The predicted molar refractivity (Wildman–Crippen MR) is 95.4 cm³/mol. The van der Waals surface area contributed by atoms with Crippen molar-refractivity contribution in [3.05, 3.63) is 65.5 Å². The number of carbonyl (C=O) groups is 2. The molecular weight excluding hydrogens is 337 g/mol. The molecule has 0 heterocycles. The molecule has 2 rings (SSSR count). The average Bonchev–Trinajstić information content (AvgIpc) is 2.66. The Bertz CT molecular complexity index is 731. The van der Waals surface area contributed by atoms with Crippen LogP contribution in [0.15, 0.2) is 48.5 Å². The monoisotopic (exact) mass is 359 g/mol. The van der Waals surface area contributed by atoms with Crippen LogP contribution in [0.3, 0.4) is 0 Å². The van der Waals surface area contributed by atoms with Gasteiger partial charge in [0.15, 0.2) is 0 Å². The molecule has 1 N–H and O–H groups in total.